The minimum atomic E-state index is -0.861. The topological polar surface area (TPSA) is 101 Å². The van der Waals surface area contributed by atoms with E-state index in [0.717, 1.165) is 12.1 Å². The maximum Gasteiger partial charge on any atom is 0.319 e. The van der Waals surface area contributed by atoms with Crippen LogP contribution in [0.25, 0.3) is 11.0 Å². The van der Waals surface area contributed by atoms with Crippen molar-refractivity contribution in [3.63, 3.8) is 0 Å². The number of hydrogen-bond acceptors (Lipinski definition) is 4. The molecular weight excluding hydrogens is 382 g/mol. The highest BCUT2D eigenvalue weighted by atomic mass is 19.1. The first-order valence-electron chi connectivity index (χ1n) is 8.97. The Bertz CT molecular complexity index is 1050. The molecule has 8 nitrogen and oxygen atoms in total. The molecule has 1 heterocycles. The van der Waals surface area contributed by atoms with Crippen molar-refractivity contribution in [3.8, 4) is 0 Å². The quantitative estimate of drug-likeness (QED) is 0.590. The van der Waals surface area contributed by atoms with Crippen molar-refractivity contribution in [1.82, 2.24) is 25.6 Å². The molecule has 0 atom stereocenters. The standard InChI is InChI=1S/C19H20F2N6O2/c1-11(2)23-18(28)12-3-6-17-16(9-12)25-26-27(17)8-7-22-19(29)24-15-5-4-13(20)10-14(15)21/h3-6,9-11H,7-8H2,1-2H3,(H,23,28)(H2,22,24,29). The fourth-order valence-electron chi connectivity index (χ4n) is 2.66. The molecule has 0 bridgehead atoms. The summed E-state index contributed by atoms with van der Waals surface area (Å²) < 4.78 is 28.0. The van der Waals surface area contributed by atoms with Gasteiger partial charge >= 0.3 is 6.03 Å². The van der Waals surface area contributed by atoms with Crippen molar-refractivity contribution >= 4 is 28.7 Å². The average molecular weight is 402 g/mol. The van der Waals surface area contributed by atoms with Gasteiger partial charge in [0.15, 0.2) is 0 Å². The van der Waals surface area contributed by atoms with Gasteiger partial charge in [0, 0.05) is 24.2 Å². The lowest BCUT2D eigenvalue weighted by atomic mass is 10.2. The van der Waals surface area contributed by atoms with E-state index in [9.17, 15) is 18.4 Å². The van der Waals surface area contributed by atoms with Gasteiger partial charge in [0.2, 0.25) is 0 Å². The molecule has 1 aromatic heterocycles. The van der Waals surface area contributed by atoms with Gasteiger partial charge in [-0.25, -0.2) is 18.3 Å². The van der Waals surface area contributed by atoms with Gasteiger partial charge in [-0.3, -0.25) is 4.79 Å². The van der Waals surface area contributed by atoms with Crippen LogP contribution in [0.5, 0.6) is 0 Å². The minimum absolute atomic E-state index is 0.0227. The van der Waals surface area contributed by atoms with Gasteiger partial charge in [0.05, 0.1) is 17.7 Å². The third kappa shape index (κ3) is 5.03. The summed E-state index contributed by atoms with van der Waals surface area (Å²) >= 11 is 0. The number of fused-ring (bicyclic) bond motifs is 1. The predicted octanol–water partition coefficient (Wildman–Crippen LogP) is 2.67. The van der Waals surface area contributed by atoms with Crippen molar-refractivity contribution < 1.29 is 18.4 Å². The normalized spacial score (nSPS) is 10.9. The van der Waals surface area contributed by atoms with E-state index in [2.05, 4.69) is 26.3 Å². The lowest BCUT2D eigenvalue weighted by molar-refractivity contribution is 0.0943. The number of anilines is 1. The van der Waals surface area contributed by atoms with Crippen LogP contribution in [0.3, 0.4) is 0 Å². The van der Waals surface area contributed by atoms with Crippen LogP contribution in [0.4, 0.5) is 19.3 Å². The molecule has 2 aromatic carbocycles. The van der Waals surface area contributed by atoms with Crippen LogP contribution in [0, 0.1) is 11.6 Å². The molecule has 3 amide bonds. The van der Waals surface area contributed by atoms with Crippen LogP contribution in [0.2, 0.25) is 0 Å². The number of aromatic nitrogens is 3. The predicted molar refractivity (Wildman–Crippen MR) is 104 cm³/mol. The molecule has 0 radical (unpaired) electrons. The second-order valence-electron chi connectivity index (χ2n) is 6.65. The number of benzene rings is 2. The van der Waals surface area contributed by atoms with Gasteiger partial charge in [-0.2, -0.15) is 0 Å². The van der Waals surface area contributed by atoms with Gasteiger partial charge in [0.1, 0.15) is 17.2 Å². The highest BCUT2D eigenvalue weighted by molar-refractivity contribution is 5.97. The van der Waals surface area contributed by atoms with E-state index in [4.69, 9.17) is 0 Å². The molecule has 0 aliphatic rings. The summed E-state index contributed by atoms with van der Waals surface area (Å²) in [4.78, 5) is 24.0. The third-order valence-electron chi connectivity index (χ3n) is 3.98. The van der Waals surface area contributed by atoms with Gasteiger partial charge in [-0.15, -0.1) is 5.10 Å². The second-order valence-corrected chi connectivity index (χ2v) is 6.65. The number of nitrogens with one attached hydrogen (secondary N) is 3. The largest absolute Gasteiger partial charge is 0.350 e. The third-order valence-corrected chi connectivity index (χ3v) is 3.98. The molecule has 0 aliphatic heterocycles. The number of carbonyl (C=O) groups excluding carboxylic acids is 2. The summed E-state index contributed by atoms with van der Waals surface area (Å²) in [6.45, 7) is 4.26. The van der Waals surface area contributed by atoms with E-state index < -0.39 is 17.7 Å². The zero-order chi connectivity index (χ0) is 21.0. The Kier molecular flexibility index (Phi) is 6.01. The molecule has 3 rings (SSSR count). The van der Waals surface area contributed by atoms with Gasteiger partial charge < -0.3 is 16.0 Å². The van der Waals surface area contributed by atoms with Crippen molar-refractivity contribution in [2.45, 2.75) is 26.4 Å². The Balaban J connectivity index is 1.58. The summed E-state index contributed by atoms with van der Waals surface area (Å²) in [5.74, 6) is -1.78. The summed E-state index contributed by atoms with van der Waals surface area (Å²) in [5, 5.41) is 15.7. The first-order chi connectivity index (χ1) is 13.8. The number of urea groups is 1. The van der Waals surface area contributed by atoms with E-state index in [-0.39, 0.29) is 24.2 Å². The van der Waals surface area contributed by atoms with Crippen molar-refractivity contribution in [2.24, 2.45) is 0 Å². The zero-order valence-corrected chi connectivity index (χ0v) is 15.9. The summed E-state index contributed by atoms with van der Waals surface area (Å²) in [5.41, 5.74) is 1.62. The monoisotopic (exact) mass is 402 g/mol. The molecule has 0 fully saturated rings. The van der Waals surface area contributed by atoms with Gasteiger partial charge in [-0.05, 0) is 44.2 Å². The summed E-state index contributed by atoms with van der Waals surface area (Å²) in [6.07, 6.45) is 0. The average Bonchev–Trinajstić information content (AvgIpc) is 3.06. The van der Waals surface area contributed by atoms with E-state index in [1.165, 1.54) is 0 Å². The highest BCUT2D eigenvalue weighted by Crippen LogP contribution is 2.15. The number of hydrogen-bond donors (Lipinski definition) is 3. The Morgan fingerprint density at radius 1 is 1.14 bits per heavy atom. The number of rotatable bonds is 6. The summed E-state index contributed by atoms with van der Waals surface area (Å²) in [7, 11) is 0. The fraction of sp³-hybridized carbons (Fsp3) is 0.263. The Morgan fingerprint density at radius 2 is 1.93 bits per heavy atom. The first kappa shape index (κ1) is 20.2. The Morgan fingerprint density at radius 3 is 2.66 bits per heavy atom. The van der Waals surface area contributed by atoms with Crippen molar-refractivity contribution in [3.05, 3.63) is 53.6 Å². The van der Waals surface area contributed by atoms with Crippen LogP contribution >= 0.6 is 0 Å². The second kappa shape index (κ2) is 8.63. The van der Waals surface area contributed by atoms with E-state index >= 15 is 0 Å². The molecule has 152 valence electrons. The Hall–Kier alpha value is -3.56. The number of amides is 3. The minimum Gasteiger partial charge on any atom is -0.350 e. The lowest BCUT2D eigenvalue weighted by Gasteiger charge is -2.09. The molecular formula is C19H20F2N6O2. The van der Waals surface area contributed by atoms with Crippen LogP contribution < -0.4 is 16.0 Å². The smallest absolute Gasteiger partial charge is 0.319 e. The molecule has 0 saturated heterocycles. The molecule has 10 heteroatoms. The number of carbonyl (C=O) groups is 2. The van der Waals surface area contributed by atoms with E-state index in [1.807, 2.05) is 13.8 Å². The van der Waals surface area contributed by atoms with E-state index in [0.29, 0.717) is 29.2 Å². The number of halogens is 2. The van der Waals surface area contributed by atoms with Gasteiger partial charge in [-0.1, -0.05) is 5.21 Å². The van der Waals surface area contributed by atoms with Crippen molar-refractivity contribution in [2.75, 3.05) is 11.9 Å². The molecule has 29 heavy (non-hydrogen) atoms. The van der Waals surface area contributed by atoms with Crippen molar-refractivity contribution in [1.29, 1.82) is 0 Å². The van der Waals surface area contributed by atoms with Crippen LogP contribution in [-0.2, 0) is 6.54 Å². The molecule has 0 spiro atoms. The number of nitrogens with zero attached hydrogens (tertiary/aromatic N) is 3. The highest BCUT2D eigenvalue weighted by Gasteiger charge is 2.12. The van der Waals surface area contributed by atoms with Crippen LogP contribution in [-0.4, -0.2) is 39.5 Å². The molecule has 3 aromatic rings. The van der Waals surface area contributed by atoms with E-state index in [1.54, 1.807) is 22.9 Å². The maximum atomic E-state index is 13.6. The van der Waals surface area contributed by atoms with Crippen LogP contribution in [0.15, 0.2) is 36.4 Å². The molecule has 0 aliphatic carbocycles. The molecule has 0 saturated carbocycles. The maximum absolute atomic E-state index is 13.6. The Labute approximate surface area is 165 Å². The molecule has 0 unspecified atom stereocenters. The SMILES string of the molecule is CC(C)NC(=O)c1ccc2c(c1)nnn2CCNC(=O)Nc1ccc(F)cc1F. The molecule has 3 N–H and O–H groups in total. The van der Waals surface area contributed by atoms with Gasteiger partial charge in [0.25, 0.3) is 5.91 Å². The fourth-order valence-corrected chi connectivity index (χ4v) is 2.66. The summed E-state index contributed by atoms with van der Waals surface area (Å²) in [6, 6.07) is 7.33. The zero-order valence-electron chi connectivity index (χ0n) is 15.9. The lowest BCUT2D eigenvalue weighted by Crippen LogP contribution is -2.32. The first-order valence-corrected chi connectivity index (χ1v) is 8.97. The van der Waals surface area contributed by atoms with Crippen LogP contribution in [0.1, 0.15) is 24.2 Å².